The summed E-state index contributed by atoms with van der Waals surface area (Å²) >= 11 is 0. The first-order valence-corrected chi connectivity index (χ1v) is 6.39. The van der Waals surface area contributed by atoms with Gasteiger partial charge in [0.2, 0.25) is 0 Å². The number of pyridine rings is 1. The van der Waals surface area contributed by atoms with Crippen LogP contribution >= 0.6 is 0 Å². The number of hydrogen-bond donors (Lipinski definition) is 0. The van der Waals surface area contributed by atoms with E-state index in [0.29, 0.717) is 6.04 Å². The molecule has 0 radical (unpaired) electrons. The van der Waals surface area contributed by atoms with Crippen LogP contribution in [0.1, 0.15) is 35.8 Å². The van der Waals surface area contributed by atoms with E-state index < -0.39 is 0 Å². The second-order valence-corrected chi connectivity index (χ2v) is 4.80. The lowest BCUT2D eigenvalue weighted by atomic mass is 10.1. The third-order valence-corrected chi connectivity index (χ3v) is 3.65. The number of nitrogens with zero attached hydrogens (tertiary/aromatic N) is 3. The zero-order valence-electron chi connectivity index (χ0n) is 10.5. The van der Waals surface area contributed by atoms with E-state index in [4.69, 9.17) is 4.52 Å². The van der Waals surface area contributed by atoms with E-state index in [2.05, 4.69) is 28.0 Å². The Bertz CT molecular complexity index is 510. The summed E-state index contributed by atoms with van der Waals surface area (Å²) in [6.07, 6.45) is 5.88. The molecule has 3 rings (SSSR count). The first-order chi connectivity index (χ1) is 8.84. The molecule has 0 spiro atoms. The fourth-order valence-corrected chi connectivity index (χ4v) is 2.65. The molecule has 0 aliphatic carbocycles. The summed E-state index contributed by atoms with van der Waals surface area (Å²) in [5, 5.41) is 4.08. The molecule has 1 aliphatic rings. The number of aryl methyl sites for hydroxylation is 1. The highest BCUT2D eigenvalue weighted by molar-refractivity contribution is 5.19. The molecular formula is C14H17N3O. The lowest BCUT2D eigenvalue weighted by Crippen LogP contribution is -2.23. The summed E-state index contributed by atoms with van der Waals surface area (Å²) in [5.74, 6) is 0. The number of hydrogen-bond acceptors (Lipinski definition) is 4. The predicted octanol–water partition coefficient (Wildman–Crippen LogP) is 2.72. The highest BCUT2D eigenvalue weighted by atomic mass is 16.5. The molecule has 18 heavy (non-hydrogen) atoms. The lowest BCUT2D eigenvalue weighted by Gasteiger charge is -2.23. The summed E-state index contributed by atoms with van der Waals surface area (Å²) in [4.78, 5) is 6.81. The molecule has 0 N–H and O–H groups in total. The van der Waals surface area contributed by atoms with Crippen molar-refractivity contribution in [1.29, 1.82) is 0 Å². The van der Waals surface area contributed by atoms with Gasteiger partial charge in [-0.05, 0) is 37.9 Å². The minimum Gasteiger partial charge on any atom is -0.364 e. The fourth-order valence-electron chi connectivity index (χ4n) is 2.65. The van der Waals surface area contributed by atoms with Crippen molar-refractivity contribution in [3.63, 3.8) is 0 Å². The maximum Gasteiger partial charge on any atom is 0.124 e. The van der Waals surface area contributed by atoms with E-state index in [1.165, 1.54) is 12.0 Å². The van der Waals surface area contributed by atoms with Gasteiger partial charge in [0, 0.05) is 24.5 Å². The van der Waals surface area contributed by atoms with Crippen LogP contribution in [0.5, 0.6) is 0 Å². The molecule has 1 aliphatic heterocycles. The summed E-state index contributed by atoms with van der Waals surface area (Å²) in [6, 6.07) is 6.52. The van der Waals surface area contributed by atoms with Crippen molar-refractivity contribution >= 4 is 0 Å². The van der Waals surface area contributed by atoms with Crippen LogP contribution in [0.4, 0.5) is 0 Å². The molecule has 2 aromatic heterocycles. The zero-order chi connectivity index (χ0) is 12.4. The van der Waals surface area contributed by atoms with Gasteiger partial charge in [-0.15, -0.1) is 0 Å². The van der Waals surface area contributed by atoms with Crippen molar-refractivity contribution in [1.82, 2.24) is 15.0 Å². The predicted molar refractivity (Wildman–Crippen MR) is 67.9 cm³/mol. The fraction of sp³-hybridized carbons (Fsp3) is 0.429. The van der Waals surface area contributed by atoms with Gasteiger partial charge < -0.3 is 4.52 Å². The van der Waals surface area contributed by atoms with E-state index in [1.807, 2.05) is 18.3 Å². The number of aromatic nitrogens is 2. The van der Waals surface area contributed by atoms with Crippen molar-refractivity contribution in [2.75, 3.05) is 6.54 Å². The van der Waals surface area contributed by atoms with Crippen molar-refractivity contribution in [2.24, 2.45) is 0 Å². The van der Waals surface area contributed by atoms with Crippen molar-refractivity contribution < 1.29 is 4.52 Å². The molecule has 1 fully saturated rings. The van der Waals surface area contributed by atoms with Gasteiger partial charge in [-0.25, -0.2) is 0 Å². The van der Waals surface area contributed by atoms with Gasteiger partial charge in [0.05, 0.1) is 6.04 Å². The molecule has 0 aromatic carbocycles. The van der Waals surface area contributed by atoms with Crippen LogP contribution < -0.4 is 0 Å². The van der Waals surface area contributed by atoms with Gasteiger partial charge in [-0.3, -0.25) is 9.88 Å². The molecule has 0 unspecified atom stereocenters. The monoisotopic (exact) mass is 243 g/mol. The molecule has 1 saturated heterocycles. The molecule has 1 atom stereocenters. The van der Waals surface area contributed by atoms with Crippen molar-refractivity contribution in [3.8, 4) is 0 Å². The summed E-state index contributed by atoms with van der Waals surface area (Å²) in [5.41, 5.74) is 3.46. The SMILES string of the molecule is Cc1ncccc1CN1CCC[C@H]1c1ccon1. The Morgan fingerprint density at radius 1 is 1.44 bits per heavy atom. The average molecular weight is 243 g/mol. The molecule has 4 heteroatoms. The minimum atomic E-state index is 0.392. The van der Waals surface area contributed by atoms with E-state index in [0.717, 1.165) is 30.9 Å². The number of rotatable bonds is 3. The minimum absolute atomic E-state index is 0.392. The smallest absolute Gasteiger partial charge is 0.124 e. The van der Waals surface area contributed by atoms with Crippen molar-refractivity contribution in [3.05, 3.63) is 47.6 Å². The normalized spacial score (nSPS) is 20.4. The Morgan fingerprint density at radius 2 is 2.39 bits per heavy atom. The Labute approximate surface area is 107 Å². The Balaban J connectivity index is 1.78. The van der Waals surface area contributed by atoms with Crippen LogP contribution in [0, 0.1) is 6.92 Å². The second kappa shape index (κ2) is 4.90. The topological polar surface area (TPSA) is 42.2 Å². The average Bonchev–Trinajstić information content (AvgIpc) is 3.02. The Morgan fingerprint density at radius 3 is 3.17 bits per heavy atom. The highest BCUT2D eigenvalue weighted by Gasteiger charge is 2.28. The lowest BCUT2D eigenvalue weighted by molar-refractivity contribution is 0.236. The van der Waals surface area contributed by atoms with Crippen LogP contribution in [0.2, 0.25) is 0 Å². The molecular weight excluding hydrogens is 226 g/mol. The van der Waals surface area contributed by atoms with Gasteiger partial charge >= 0.3 is 0 Å². The van der Waals surface area contributed by atoms with E-state index in [1.54, 1.807) is 6.26 Å². The van der Waals surface area contributed by atoms with Gasteiger partial charge in [0.15, 0.2) is 0 Å². The van der Waals surface area contributed by atoms with Crippen LogP contribution in [0.3, 0.4) is 0 Å². The standard InChI is InChI=1S/C14H17N3O/c1-11-12(4-2-7-15-11)10-17-8-3-5-14(17)13-6-9-18-16-13/h2,4,6-7,9,14H,3,5,8,10H2,1H3/t14-/m0/s1. The second-order valence-electron chi connectivity index (χ2n) is 4.80. The summed E-state index contributed by atoms with van der Waals surface area (Å²) in [6.45, 7) is 4.12. The summed E-state index contributed by atoms with van der Waals surface area (Å²) < 4.78 is 4.96. The Hall–Kier alpha value is -1.68. The van der Waals surface area contributed by atoms with Gasteiger partial charge in [0.25, 0.3) is 0 Å². The zero-order valence-corrected chi connectivity index (χ0v) is 10.5. The van der Waals surface area contributed by atoms with Gasteiger partial charge in [0.1, 0.15) is 12.0 Å². The third kappa shape index (κ3) is 2.16. The number of likely N-dealkylation sites (tertiary alicyclic amines) is 1. The third-order valence-electron chi connectivity index (χ3n) is 3.65. The van der Waals surface area contributed by atoms with E-state index in [-0.39, 0.29) is 0 Å². The largest absolute Gasteiger partial charge is 0.364 e. The quantitative estimate of drug-likeness (QED) is 0.831. The van der Waals surface area contributed by atoms with Gasteiger partial charge in [-0.2, -0.15) is 0 Å². The molecule has 0 bridgehead atoms. The van der Waals surface area contributed by atoms with Crippen LogP contribution in [-0.2, 0) is 6.54 Å². The van der Waals surface area contributed by atoms with Crippen LogP contribution in [-0.4, -0.2) is 21.6 Å². The molecule has 0 saturated carbocycles. The molecule has 3 heterocycles. The first-order valence-electron chi connectivity index (χ1n) is 6.39. The Kier molecular flexibility index (Phi) is 3.11. The maximum atomic E-state index is 4.96. The molecule has 2 aromatic rings. The molecule has 94 valence electrons. The highest BCUT2D eigenvalue weighted by Crippen LogP contribution is 2.32. The van der Waals surface area contributed by atoms with Crippen molar-refractivity contribution in [2.45, 2.75) is 32.4 Å². The molecule has 0 amide bonds. The van der Waals surface area contributed by atoms with Gasteiger partial charge in [-0.1, -0.05) is 11.2 Å². The first kappa shape index (κ1) is 11.4. The van der Waals surface area contributed by atoms with Crippen LogP contribution in [0.15, 0.2) is 35.2 Å². The van der Waals surface area contributed by atoms with Crippen LogP contribution in [0.25, 0.3) is 0 Å². The van der Waals surface area contributed by atoms with E-state index in [9.17, 15) is 0 Å². The maximum absolute atomic E-state index is 4.96. The van der Waals surface area contributed by atoms with E-state index >= 15 is 0 Å². The summed E-state index contributed by atoms with van der Waals surface area (Å²) in [7, 11) is 0. The molecule has 4 nitrogen and oxygen atoms in total.